The fourth-order valence-electron chi connectivity index (χ4n) is 1.79. The van der Waals surface area contributed by atoms with E-state index in [1.165, 1.54) is 24.3 Å². The Labute approximate surface area is 125 Å². The molecule has 1 aliphatic rings. The van der Waals surface area contributed by atoms with Gasteiger partial charge in [-0.05, 0) is 30.3 Å². The first-order chi connectivity index (χ1) is 9.88. The normalized spacial score (nSPS) is 16.6. The van der Waals surface area contributed by atoms with Gasteiger partial charge < -0.3 is 0 Å². The summed E-state index contributed by atoms with van der Waals surface area (Å²) in [5, 5.41) is 10.4. The Morgan fingerprint density at radius 1 is 1.48 bits per heavy atom. The van der Waals surface area contributed by atoms with Crippen molar-refractivity contribution >= 4 is 34.7 Å². The molecule has 2 rings (SSSR count). The van der Waals surface area contributed by atoms with Gasteiger partial charge in [0, 0.05) is 12.1 Å². The van der Waals surface area contributed by atoms with E-state index in [1.807, 2.05) is 0 Å². The number of carbonyl (C=O) groups excluding carboxylic acids is 2. The minimum absolute atomic E-state index is 0.0649. The van der Waals surface area contributed by atoms with E-state index in [1.54, 1.807) is 13.0 Å². The van der Waals surface area contributed by atoms with Crippen molar-refractivity contribution in [2.75, 3.05) is 6.54 Å². The molecule has 0 aromatic heterocycles. The highest BCUT2D eigenvalue weighted by Crippen LogP contribution is 2.32. The van der Waals surface area contributed by atoms with Crippen molar-refractivity contribution in [2.24, 2.45) is 0 Å². The Morgan fingerprint density at radius 3 is 2.81 bits per heavy atom. The fraction of sp³-hybridized carbons (Fsp3) is 0.143. The molecule has 1 fully saturated rings. The first-order valence-corrected chi connectivity index (χ1v) is 6.84. The zero-order valence-corrected chi connectivity index (χ0v) is 12.1. The van der Waals surface area contributed by atoms with Crippen LogP contribution >= 0.6 is 11.8 Å². The summed E-state index contributed by atoms with van der Waals surface area (Å²) in [5.41, 5.74) is 1.14. The van der Waals surface area contributed by atoms with Crippen molar-refractivity contribution in [2.45, 2.75) is 6.92 Å². The minimum atomic E-state index is -0.510. The monoisotopic (exact) mass is 304 g/mol. The molecule has 1 heterocycles. The first kappa shape index (κ1) is 15.0. The molecule has 1 aliphatic heterocycles. The molecule has 0 N–H and O–H groups in total. The maximum atomic E-state index is 12.1. The third-order valence-electron chi connectivity index (χ3n) is 2.68. The van der Waals surface area contributed by atoms with Crippen LogP contribution in [0, 0.1) is 10.1 Å². The lowest BCUT2D eigenvalue weighted by Gasteiger charge is -2.11. The predicted octanol–water partition coefficient (Wildman–Crippen LogP) is 3.21. The molecule has 0 radical (unpaired) electrons. The van der Waals surface area contributed by atoms with Crippen LogP contribution in [0.25, 0.3) is 6.08 Å². The van der Waals surface area contributed by atoms with Crippen molar-refractivity contribution in [3.8, 4) is 0 Å². The number of thioether (sulfide) groups is 1. The number of nitro groups is 1. The van der Waals surface area contributed by atoms with E-state index in [4.69, 9.17) is 0 Å². The number of imide groups is 1. The van der Waals surface area contributed by atoms with Crippen LogP contribution in [-0.4, -0.2) is 27.5 Å². The zero-order valence-electron chi connectivity index (χ0n) is 11.2. The standard InChI is InChI=1S/C14H12N2O4S/c1-9(2)8-15-13(17)12(21-14(15)18)7-10-4-3-5-11(6-10)16(19)20/h3-7H,1,8H2,2H3/b12-7-. The number of carbonyl (C=O) groups is 2. The third kappa shape index (κ3) is 3.38. The molecule has 0 saturated carbocycles. The predicted molar refractivity (Wildman–Crippen MR) is 80.6 cm³/mol. The average molecular weight is 304 g/mol. The van der Waals surface area contributed by atoms with Crippen molar-refractivity contribution in [1.29, 1.82) is 0 Å². The summed E-state index contributed by atoms with van der Waals surface area (Å²) >= 11 is 0.820. The number of rotatable bonds is 4. The molecule has 108 valence electrons. The van der Waals surface area contributed by atoms with Crippen LogP contribution in [-0.2, 0) is 4.79 Å². The SMILES string of the molecule is C=C(C)CN1C(=O)S/C(=C\c2cccc([N+](=O)[O-])c2)C1=O. The fourth-order valence-corrected chi connectivity index (χ4v) is 2.62. The van der Waals surface area contributed by atoms with Gasteiger partial charge in [0.15, 0.2) is 0 Å². The van der Waals surface area contributed by atoms with Gasteiger partial charge in [0.2, 0.25) is 0 Å². The number of nitro benzene ring substituents is 1. The Kier molecular flexibility index (Phi) is 4.23. The van der Waals surface area contributed by atoms with Gasteiger partial charge in [0.05, 0.1) is 16.4 Å². The summed E-state index contributed by atoms with van der Waals surface area (Å²) in [4.78, 5) is 35.5. The zero-order chi connectivity index (χ0) is 15.6. The van der Waals surface area contributed by atoms with Crippen LogP contribution in [0.15, 0.2) is 41.3 Å². The molecule has 21 heavy (non-hydrogen) atoms. The van der Waals surface area contributed by atoms with Gasteiger partial charge in [0.1, 0.15) is 0 Å². The number of hydrogen-bond donors (Lipinski definition) is 0. The summed E-state index contributed by atoms with van der Waals surface area (Å²) in [6, 6.07) is 5.89. The van der Waals surface area contributed by atoms with Gasteiger partial charge in [-0.2, -0.15) is 0 Å². The summed E-state index contributed by atoms with van der Waals surface area (Å²) in [6.45, 7) is 5.58. The quantitative estimate of drug-likeness (QED) is 0.369. The summed E-state index contributed by atoms with van der Waals surface area (Å²) in [6.07, 6.45) is 1.48. The van der Waals surface area contributed by atoms with E-state index in [9.17, 15) is 19.7 Å². The molecule has 2 amide bonds. The maximum absolute atomic E-state index is 12.1. The van der Waals surface area contributed by atoms with E-state index in [-0.39, 0.29) is 22.4 Å². The molecule has 6 nitrogen and oxygen atoms in total. The van der Waals surface area contributed by atoms with Gasteiger partial charge in [-0.3, -0.25) is 24.6 Å². The first-order valence-electron chi connectivity index (χ1n) is 6.02. The lowest BCUT2D eigenvalue weighted by molar-refractivity contribution is -0.384. The van der Waals surface area contributed by atoms with E-state index in [2.05, 4.69) is 6.58 Å². The Balaban J connectivity index is 2.28. The highest BCUT2D eigenvalue weighted by atomic mass is 32.2. The average Bonchev–Trinajstić information content (AvgIpc) is 2.66. The lowest BCUT2D eigenvalue weighted by Crippen LogP contribution is -2.29. The second-order valence-corrected chi connectivity index (χ2v) is 5.57. The van der Waals surface area contributed by atoms with E-state index < -0.39 is 10.8 Å². The number of non-ortho nitro benzene ring substituents is 1. The lowest BCUT2D eigenvalue weighted by atomic mass is 10.2. The number of hydrogen-bond acceptors (Lipinski definition) is 5. The molecular formula is C14H12N2O4S. The topological polar surface area (TPSA) is 80.5 Å². The van der Waals surface area contributed by atoms with E-state index in [0.29, 0.717) is 11.1 Å². The highest BCUT2D eigenvalue weighted by molar-refractivity contribution is 8.18. The molecule has 7 heteroatoms. The maximum Gasteiger partial charge on any atom is 0.293 e. The molecule has 0 atom stereocenters. The molecule has 0 spiro atoms. The molecule has 0 unspecified atom stereocenters. The van der Waals surface area contributed by atoms with Crippen LogP contribution < -0.4 is 0 Å². The van der Waals surface area contributed by atoms with Gasteiger partial charge in [-0.15, -0.1) is 0 Å². The number of nitrogens with zero attached hydrogens (tertiary/aromatic N) is 2. The van der Waals surface area contributed by atoms with Gasteiger partial charge in [-0.1, -0.05) is 24.3 Å². The summed E-state index contributed by atoms with van der Waals surface area (Å²) in [5.74, 6) is -0.403. The van der Waals surface area contributed by atoms with Gasteiger partial charge >= 0.3 is 0 Å². The van der Waals surface area contributed by atoms with Crippen LogP contribution in [0.1, 0.15) is 12.5 Å². The molecule has 0 bridgehead atoms. The van der Waals surface area contributed by atoms with Crippen molar-refractivity contribution in [3.05, 3.63) is 57.0 Å². The highest BCUT2D eigenvalue weighted by Gasteiger charge is 2.34. The molecular weight excluding hydrogens is 292 g/mol. The molecule has 1 aromatic carbocycles. The molecule has 1 aromatic rings. The Hall–Kier alpha value is -2.41. The Bertz CT molecular complexity index is 681. The second kappa shape index (κ2) is 5.92. The van der Waals surface area contributed by atoms with Crippen LogP contribution in [0.3, 0.4) is 0 Å². The summed E-state index contributed by atoms with van der Waals surface area (Å²) in [7, 11) is 0. The smallest absolute Gasteiger partial charge is 0.268 e. The molecule has 1 saturated heterocycles. The van der Waals surface area contributed by atoms with E-state index in [0.717, 1.165) is 16.7 Å². The largest absolute Gasteiger partial charge is 0.293 e. The van der Waals surface area contributed by atoms with E-state index >= 15 is 0 Å². The van der Waals surface area contributed by atoms with Crippen LogP contribution in [0.5, 0.6) is 0 Å². The van der Waals surface area contributed by atoms with Crippen molar-refractivity contribution in [1.82, 2.24) is 4.90 Å². The van der Waals surface area contributed by atoms with Crippen molar-refractivity contribution in [3.63, 3.8) is 0 Å². The van der Waals surface area contributed by atoms with Crippen LogP contribution in [0.4, 0.5) is 10.5 Å². The second-order valence-electron chi connectivity index (χ2n) is 4.58. The molecule has 0 aliphatic carbocycles. The minimum Gasteiger partial charge on any atom is -0.268 e. The van der Waals surface area contributed by atoms with Gasteiger partial charge in [0.25, 0.3) is 16.8 Å². The third-order valence-corrected chi connectivity index (χ3v) is 3.59. The summed E-state index contributed by atoms with van der Waals surface area (Å²) < 4.78 is 0. The number of benzene rings is 1. The Morgan fingerprint density at radius 2 is 2.19 bits per heavy atom. The number of amides is 2. The van der Waals surface area contributed by atoms with Crippen LogP contribution in [0.2, 0.25) is 0 Å². The van der Waals surface area contributed by atoms with Crippen molar-refractivity contribution < 1.29 is 14.5 Å². The van der Waals surface area contributed by atoms with Gasteiger partial charge in [-0.25, -0.2) is 0 Å².